The Balaban J connectivity index is 2.06. The van der Waals surface area contributed by atoms with Gasteiger partial charge in [0.15, 0.2) is 5.13 Å². The fourth-order valence-electron chi connectivity index (χ4n) is 3.00. The maximum atomic E-state index is 13.4. The van der Waals surface area contributed by atoms with Crippen LogP contribution in [-0.2, 0) is 0 Å². The molecule has 29 heavy (non-hydrogen) atoms. The number of hydrogen-bond donors (Lipinski definition) is 0. The molecule has 1 heterocycles. The molecule has 154 valence electrons. The Hall–Kier alpha value is -2.35. The van der Waals surface area contributed by atoms with E-state index in [1.54, 1.807) is 31.3 Å². The Bertz CT molecular complexity index is 965. The van der Waals surface area contributed by atoms with Gasteiger partial charge < -0.3 is 14.4 Å². The van der Waals surface area contributed by atoms with Gasteiger partial charge >= 0.3 is 0 Å². The third-order valence-corrected chi connectivity index (χ3v) is 5.89. The monoisotopic (exact) mass is 433 g/mol. The molecular formula is C21H24ClN3O3S. The number of methoxy groups -OCH3 is 2. The van der Waals surface area contributed by atoms with Gasteiger partial charge in [-0.15, -0.1) is 0 Å². The van der Waals surface area contributed by atoms with E-state index >= 15 is 0 Å². The highest BCUT2D eigenvalue weighted by Crippen LogP contribution is 2.40. The molecule has 3 aromatic rings. The van der Waals surface area contributed by atoms with Gasteiger partial charge in [-0.25, -0.2) is 4.98 Å². The first-order valence-corrected chi connectivity index (χ1v) is 10.4. The van der Waals surface area contributed by atoms with Crippen molar-refractivity contribution in [2.24, 2.45) is 0 Å². The summed E-state index contributed by atoms with van der Waals surface area (Å²) in [4.78, 5) is 21.9. The first kappa shape index (κ1) is 21.4. The third kappa shape index (κ3) is 4.63. The highest BCUT2D eigenvalue weighted by atomic mass is 35.5. The van der Waals surface area contributed by atoms with Crippen LogP contribution >= 0.6 is 22.9 Å². The lowest BCUT2D eigenvalue weighted by molar-refractivity contribution is 0.0986. The van der Waals surface area contributed by atoms with Gasteiger partial charge in [0.2, 0.25) is 0 Å². The predicted octanol–water partition coefficient (Wildman–Crippen LogP) is 4.57. The first-order valence-electron chi connectivity index (χ1n) is 9.19. The van der Waals surface area contributed by atoms with Crippen molar-refractivity contribution in [3.8, 4) is 11.5 Å². The number of anilines is 1. The number of hydrogen-bond acceptors (Lipinski definition) is 6. The van der Waals surface area contributed by atoms with Crippen LogP contribution in [-0.4, -0.2) is 57.2 Å². The summed E-state index contributed by atoms with van der Waals surface area (Å²) in [6.45, 7) is 1.37. The molecule has 3 rings (SSSR count). The van der Waals surface area contributed by atoms with Gasteiger partial charge in [0.1, 0.15) is 21.7 Å². The molecule has 0 spiro atoms. The summed E-state index contributed by atoms with van der Waals surface area (Å²) in [5.41, 5.74) is 1.13. The van der Waals surface area contributed by atoms with Gasteiger partial charge in [0.25, 0.3) is 5.91 Å². The second kappa shape index (κ2) is 9.43. The standard InChI is InChI=1S/C21H24ClN3O3S/c1-24(2)12-7-13-25(20(26)14-8-5-6-9-15(14)22)21-23-18-16(27-3)10-11-17(28-4)19(18)29-21/h5-6,8-11H,7,12-13H2,1-4H3. The van der Waals surface area contributed by atoms with Crippen molar-refractivity contribution >= 4 is 44.2 Å². The van der Waals surface area contributed by atoms with E-state index in [0.29, 0.717) is 39.3 Å². The van der Waals surface area contributed by atoms with Crippen molar-refractivity contribution in [3.63, 3.8) is 0 Å². The highest BCUT2D eigenvalue weighted by Gasteiger charge is 2.24. The summed E-state index contributed by atoms with van der Waals surface area (Å²) >= 11 is 7.70. The van der Waals surface area contributed by atoms with Crippen LogP contribution in [0.5, 0.6) is 11.5 Å². The average Bonchev–Trinajstić information content (AvgIpc) is 3.15. The van der Waals surface area contributed by atoms with Gasteiger partial charge in [-0.3, -0.25) is 9.69 Å². The number of nitrogens with zero attached hydrogens (tertiary/aromatic N) is 3. The Kier molecular flexibility index (Phi) is 6.95. The second-order valence-corrected chi connectivity index (χ2v) is 8.12. The predicted molar refractivity (Wildman–Crippen MR) is 119 cm³/mol. The normalized spacial score (nSPS) is 11.1. The number of fused-ring (bicyclic) bond motifs is 1. The van der Waals surface area contributed by atoms with Crippen molar-refractivity contribution in [1.29, 1.82) is 0 Å². The molecule has 0 atom stereocenters. The summed E-state index contributed by atoms with van der Waals surface area (Å²) in [5, 5.41) is 1.01. The molecular weight excluding hydrogens is 410 g/mol. The van der Waals surface area contributed by atoms with Crippen LogP contribution < -0.4 is 14.4 Å². The number of halogens is 1. The Morgan fingerprint density at radius 1 is 1.07 bits per heavy atom. The summed E-state index contributed by atoms with van der Waals surface area (Å²) in [7, 11) is 7.23. The molecule has 0 aliphatic carbocycles. The van der Waals surface area contributed by atoms with Crippen molar-refractivity contribution < 1.29 is 14.3 Å². The van der Waals surface area contributed by atoms with Crippen LogP contribution in [0.15, 0.2) is 36.4 Å². The maximum absolute atomic E-state index is 13.4. The largest absolute Gasteiger partial charge is 0.495 e. The molecule has 8 heteroatoms. The Morgan fingerprint density at radius 3 is 2.41 bits per heavy atom. The second-order valence-electron chi connectivity index (χ2n) is 6.74. The van der Waals surface area contributed by atoms with Crippen LogP contribution in [0.2, 0.25) is 5.02 Å². The van der Waals surface area contributed by atoms with Crippen LogP contribution in [0, 0.1) is 0 Å². The van der Waals surface area contributed by atoms with Gasteiger partial charge in [0, 0.05) is 6.54 Å². The van der Waals surface area contributed by atoms with Crippen LogP contribution in [0.4, 0.5) is 5.13 Å². The van der Waals surface area contributed by atoms with Gasteiger partial charge in [0.05, 0.1) is 24.8 Å². The zero-order chi connectivity index (χ0) is 21.0. The van der Waals surface area contributed by atoms with E-state index in [4.69, 9.17) is 26.1 Å². The van der Waals surface area contributed by atoms with Crippen LogP contribution in [0.25, 0.3) is 10.2 Å². The lowest BCUT2D eigenvalue weighted by Gasteiger charge is -2.21. The van der Waals surface area contributed by atoms with Crippen LogP contribution in [0.1, 0.15) is 16.8 Å². The van der Waals surface area contributed by atoms with E-state index in [-0.39, 0.29) is 5.91 Å². The molecule has 0 fully saturated rings. The lowest BCUT2D eigenvalue weighted by Crippen LogP contribution is -2.33. The van der Waals surface area contributed by atoms with Crippen LogP contribution in [0.3, 0.4) is 0 Å². The molecule has 0 aliphatic rings. The van der Waals surface area contributed by atoms with Gasteiger partial charge in [-0.2, -0.15) is 0 Å². The van der Waals surface area contributed by atoms with Gasteiger partial charge in [-0.05, 0) is 51.3 Å². The average molecular weight is 434 g/mol. The molecule has 6 nitrogen and oxygen atoms in total. The number of ether oxygens (including phenoxy) is 2. The molecule has 0 saturated carbocycles. The van der Waals surface area contributed by atoms with Crippen molar-refractivity contribution in [2.75, 3.05) is 46.3 Å². The van der Waals surface area contributed by atoms with Crippen molar-refractivity contribution in [3.05, 3.63) is 47.0 Å². The number of carbonyl (C=O) groups excluding carboxylic acids is 1. The lowest BCUT2D eigenvalue weighted by atomic mass is 10.2. The number of carbonyl (C=O) groups is 1. The molecule has 0 N–H and O–H groups in total. The van der Waals surface area contributed by atoms with Crippen molar-refractivity contribution in [2.45, 2.75) is 6.42 Å². The zero-order valence-corrected chi connectivity index (χ0v) is 18.5. The summed E-state index contributed by atoms with van der Waals surface area (Å²) in [5.74, 6) is 1.16. The topological polar surface area (TPSA) is 54.9 Å². The summed E-state index contributed by atoms with van der Waals surface area (Å²) in [6.07, 6.45) is 0.799. The van der Waals surface area contributed by atoms with E-state index in [9.17, 15) is 4.79 Å². The third-order valence-electron chi connectivity index (χ3n) is 4.47. The van der Waals surface area contributed by atoms with E-state index < -0.39 is 0 Å². The van der Waals surface area contributed by atoms with Crippen molar-refractivity contribution in [1.82, 2.24) is 9.88 Å². The number of thiazole rings is 1. The highest BCUT2D eigenvalue weighted by molar-refractivity contribution is 7.22. The maximum Gasteiger partial charge on any atom is 0.261 e. The number of aromatic nitrogens is 1. The number of amides is 1. The summed E-state index contributed by atoms with van der Waals surface area (Å²) in [6, 6.07) is 10.7. The minimum absolute atomic E-state index is 0.175. The first-order chi connectivity index (χ1) is 14.0. The molecule has 1 amide bonds. The Morgan fingerprint density at radius 2 is 1.76 bits per heavy atom. The van der Waals surface area contributed by atoms with E-state index in [0.717, 1.165) is 17.7 Å². The molecule has 0 unspecified atom stereocenters. The fourth-order valence-corrected chi connectivity index (χ4v) is 4.31. The van der Waals surface area contributed by atoms with E-state index in [1.165, 1.54) is 11.3 Å². The smallest absolute Gasteiger partial charge is 0.261 e. The molecule has 0 aliphatic heterocycles. The quantitative estimate of drug-likeness (QED) is 0.521. The minimum Gasteiger partial charge on any atom is -0.495 e. The summed E-state index contributed by atoms with van der Waals surface area (Å²) < 4.78 is 11.8. The zero-order valence-electron chi connectivity index (χ0n) is 16.9. The van der Waals surface area contributed by atoms with E-state index in [1.807, 2.05) is 38.4 Å². The molecule has 0 bridgehead atoms. The van der Waals surface area contributed by atoms with Gasteiger partial charge in [-0.1, -0.05) is 35.1 Å². The SMILES string of the molecule is COc1ccc(OC)c2sc(N(CCCN(C)C)C(=O)c3ccccc3Cl)nc12. The number of rotatable bonds is 8. The molecule has 0 saturated heterocycles. The minimum atomic E-state index is -0.175. The van der Waals surface area contributed by atoms with E-state index in [2.05, 4.69) is 4.90 Å². The molecule has 0 radical (unpaired) electrons. The Labute approximate surface area is 179 Å². The fraction of sp³-hybridized carbons (Fsp3) is 0.333. The molecule has 2 aromatic carbocycles. The number of benzene rings is 2. The molecule has 1 aromatic heterocycles.